The molecule has 0 aliphatic carbocycles. The fraction of sp³-hybridized carbons (Fsp3) is 0.222. The summed E-state index contributed by atoms with van der Waals surface area (Å²) < 4.78 is 22.9. The Hall–Kier alpha value is -4.53. The number of amides is 2. The SMILES string of the molecule is COc1ccc(C(=O)N[C@H]2C(=O)N/[N+](=C\c3ccc(OC)c(OC)c3)[C@@H]2c2ccc(OC)cc2)cc1. The van der Waals surface area contributed by atoms with E-state index in [1.807, 2.05) is 30.3 Å². The first-order valence-electron chi connectivity index (χ1n) is 11.2. The lowest BCUT2D eigenvalue weighted by Crippen LogP contribution is -2.42. The summed E-state index contributed by atoms with van der Waals surface area (Å²) in [5, 5.41) is 2.89. The van der Waals surface area contributed by atoms with E-state index in [0.717, 1.165) is 11.1 Å². The molecule has 1 fully saturated rings. The summed E-state index contributed by atoms with van der Waals surface area (Å²) in [6.07, 6.45) is 1.79. The van der Waals surface area contributed by atoms with Crippen molar-refractivity contribution in [2.45, 2.75) is 12.1 Å². The number of benzene rings is 3. The first kappa shape index (κ1) is 24.6. The van der Waals surface area contributed by atoms with Crippen molar-refractivity contribution in [1.29, 1.82) is 0 Å². The maximum absolute atomic E-state index is 13.1. The van der Waals surface area contributed by atoms with Crippen molar-refractivity contribution in [2.75, 3.05) is 28.4 Å². The average molecular weight is 491 g/mol. The summed E-state index contributed by atoms with van der Waals surface area (Å²) in [5.74, 6) is 1.76. The topological polar surface area (TPSA) is 98.1 Å². The number of carbonyl (C=O) groups excluding carboxylic acids is 2. The molecule has 3 aromatic carbocycles. The van der Waals surface area contributed by atoms with E-state index in [4.69, 9.17) is 18.9 Å². The molecule has 36 heavy (non-hydrogen) atoms. The van der Waals surface area contributed by atoms with Gasteiger partial charge in [-0.2, -0.15) is 0 Å². The number of nitrogens with one attached hydrogen (secondary N) is 2. The molecule has 2 amide bonds. The van der Waals surface area contributed by atoms with Gasteiger partial charge in [0, 0.05) is 16.7 Å². The molecule has 0 spiro atoms. The zero-order valence-electron chi connectivity index (χ0n) is 20.5. The van der Waals surface area contributed by atoms with Crippen LogP contribution in [0.2, 0.25) is 0 Å². The second-order valence-corrected chi connectivity index (χ2v) is 8.02. The molecule has 1 aliphatic heterocycles. The van der Waals surface area contributed by atoms with Crippen LogP contribution in [0.5, 0.6) is 23.0 Å². The van der Waals surface area contributed by atoms with E-state index < -0.39 is 12.1 Å². The van der Waals surface area contributed by atoms with Gasteiger partial charge in [-0.1, -0.05) is 0 Å². The van der Waals surface area contributed by atoms with Crippen molar-refractivity contribution >= 4 is 18.0 Å². The second kappa shape index (κ2) is 10.8. The van der Waals surface area contributed by atoms with Gasteiger partial charge in [0.1, 0.15) is 11.5 Å². The van der Waals surface area contributed by atoms with Crippen LogP contribution in [0.4, 0.5) is 0 Å². The average Bonchev–Trinajstić information content (AvgIpc) is 3.22. The summed E-state index contributed by atoms with van der Waals surface area (Å²) in [6, 6.07) is 18.1. The first-order chi connectivity index (χ1) is 17.5. The molecule has 0 bridgehead atoms. The van der Waals surface area contributed by atoms with Crippen molar-refractivity contribution in [3.05, 3.63) is 83.4 Å². The molecule has 1 aliphatic rings. The third kappa shape index (κ3) is 5.10. The maximum Gasteiger partial charge on any atom is 0.304 e. The minimum Gasteiger partial charge on any atom is -0.497 e. The van der Waals surface area contributed by atoms with Gasteiger partial charge in [0.05, 0.1) is 28.4 Å². The van der Waals surface area contributed by atoms with Gasteiger partial charge >= 0.3 is 5.91 Å². The summed E-state index contributed by atoms with van der Waals surface area (Å²) in [5.41, 5.74) is 4.87. The van der Waals surface area contributed by atoms with Crippen LogP contribution in [0, 0.1) is 0 Å². The molecule has 0 radical (unpaired) electrons. The highest BCUT2D eigenvalue weighted by molar-refractivity contribution is 5.98. The number of hydrazine groups is 1. The van der Waals surface area contributed by atoms with Crippen LogP contribution in [-0.4, -0.2) is 57.2 Å². The van der Waals surface area contributed by atoms with Crippen molar-refractivity contribution in [3.8, 4) is 23.0 Å². The minimum atomic E-state index is -0.857. The molecular formula is C27H28N3O6+. The fourth-order valence-corrected chi connectivity index (χ4v) is 4.04. The smallest absolute Gasteiger partial charge is 0.304 e. The molecule has 1 heterocycles. The van der Waals surface area contributed by atoms with Gasteiger partial charge in [-0.05, 0) is 66.7 Å². The number of rotatable bonds is 8. The Morgan fingerprint density at radius 3 is 2.03 bits per heavy atom. The molecule has 0 unspecified atom stereocenters. The van der Waals surface area contributed by atoms with Gasteiger partial charge in [0.15, 0.2) is 17.5 Å². The normalized spacial score (nSPS) is 17.9. The molecule has 186 valence electrons. The highest BCUT2D eigenvalue weighted by Crippen LogP contribution is 2.29. The van der Waals surface area contributed by atoms with Crippen LogP contribution in [0.3, 0.4) is 0 Å². The minimum absolute atomic E-state index is 0.339. The van der Waals surface area contributed by atoms with Gasteiger partial charge in [-0.25, -0.2) is 0 Å². The highest BCUT2D eigenvalue weighted by atomic mass is 16.5. The Labute approximate surface area is 209 Å². The van der Waals surface area contributed by atoms with Crippen LogP contribution in [-0.2, 0) is 4.79 Å². The van der Waals surface area contributed by atoms with Crippen LogP contribution in [0.15, 0.2) is 66.7 Å². The Morgan fingerprint density at radius 2 is 1.44 bits per heavy atom. The molecule has 9 nitrogen and oxygen atoms in total. The van der Waals surface area contributed by atoms with Crippen molar-refractivity contribution < 1.29 is 33.2 Å². The van der Waals surface area contributed by atoms with Gasteiger partial charge < -0.3 is 24.3 Å². The van der Waals surface area contributed by atoms with Crippen molar-refractivity contribution in [1.82, 2.24) is 10.7 Å². The number of hydrogen-bond donors (Lipinski definition) is 2. The van der Waals surface area contributed by atoms with Crippen molar-refractivity contribution in [3.63, 3.8) is 0 Å². The molecule has 3 aromatic rings. The highest BCUT2D eigenvalue weighted by Gasteiger charge is 2.47. The maximum atomic E-state index is 13.1. The van der Waals surface area contributed by atoms with Gasteiger partial charge in [0.25, 0.3) is 5.91 Å². The monoisotopic (exact) mass is 490 g/mol. The molecule has 2 atom stereocenters. The standard InChI is InChI=1S/C27H27N3O6/c1-33-20-10-6-18(7-11-20)25-24(28-26(31)19-8-12-21(34-2)13-9-19)27(32)29-30(25)16-17-5-14-22(35-3)23(15-17)36-4/h5-16,24-25H,1-4H3,(H-,28,29,31,32)/p+1/b30-16-/t24-,25-/m1/s1. The largest absolute Gasteiger partial charge is 0.497 e. The molecule has 1 saturated heterocycles. The van der Waals surface area contributed by atoms with Gasteiger partial charge in [-0.15, -0.1) is 10.1 Å². The van der Waals surface area contributed by atoms with E-state index in [0.29, 0.717) is 28.6 Å². The zero-order valence-corrected chi connectivity index (χ0v) is 20.5. The van der Waals surface area contributed by atoms with Crippen LogP contribution < -0.4 is 29.7 Å². The summed E-state index contributed by atoms with van der Waals surface area (Å²) in [7, 11) is 6.27. The zero-order chi connectivity index (χ0) is 25.7. The number of ether oxygens (including phenoxy) is 4. The number of methoxy groups -OCH3 is 4. The third-order valence-corrected chi connectivity index (χ3v) is 5.93. The van der Waals surface area contributed by atoms with Gasteiger partial charge in [-0.3, -0.25) is 9.59 Å². The van der Waals surface area contributed by atoms with Crippen LogP contribution in [0.25, 0.3) is 0 Å². The Bertz CT molecular complexity index is 1270. The summed E-state index contributed by atoms with van der Waals surface area (Å²) in [6.45, 7) is 0. The van der Waals surface area contributed by atoms with Crippen molar-refractivity contribution in [2.24, 2.45) is 0 Å². The van der Waals surface area contributed by atoms with E-state index in [1.54, 1.807) is 75.7 Å². The van der Waals surface area contributed by atoms with E-state index in [-0.39, 0.29) is 11.8 Å². The second-order valence-electron chi connectivity index (χ2n) is 8.02. The Morgan fingerprint density at radius 1 is 0.833 bits per heavy atom. The lowest BCUT2D eigenvalue weighted by Gasteiger charge is -2.15. The van der Waals surface area contributed by atoms with E-state index >= 15 is 0 Å². The van der Waals surface area contributed by atoms with E-state index in [1.165, 1.54) is 0 Å². The number of hydrogen-bond acceptors (Lipinski definition) is 6. The lowest BCUT2D eigenvalue weighted by atomic mass is 9.99. The predicted molar refractivity (Wildman–Crippen MR) is 133 cm³/mol. The molecule has 0 saturated carbocycles. The Balaban J connectivity index is 1.70. The summed E-state index contributed by atoms with van der Waals surface area (Å²) >= 11 is 0. The molecule has 9 heteroatoms. The van der Waals surface area contributed by atoms with Crippen LogP contribution in [0.1, 0.15) is 27.5 Å². The third-order valence-electron chi connectivity index (χ3n) is 5.93. The molecular weight excluding hydrogens is 462 g/mol. The quantitative estimate of drug-likeness (QED) is 0.472. The lowest BCUT2D eigenvalue weighted by molar-refractivity contribution is -0.596. The Kier molecular flexibility index (Phi) is 7.39. The number of carbonyl (C=O) groups is 2. The fourth-order valence-electron chi connectivity index (χ4n) is 4.04. The number of nitrogens with zero attached hydrogens (tertiary/aromatic N) is 1. The van der Waals surface area contributed by atoms with E-state index in [9.17, 15) is 9.59 Å². The predicted octanol–water partition coefficient (Wildman–Crippen LogP) is 2.74. The molecule has 0 aromatic heterocycles. The molecule has 4 rings (SSSR count). The van der Waals surface area contributed by atoms with Gasteiger partial charge in [0.2, 0.25) is 12.3 Å². The first-order valence-corrected chi connectivity index (χ1v) is 11.2. The summed E-state index contributed by atoms with van der Waals surface area (Å²) in [4.78, 5) is 26.1. The number of hydrazone groups is 1. The van der Waals surface area contributed by atoms with Crippen LogP contribution >= 0.6 is 0 Å². The van der Waals surface area contributed by atoms with E-state index in [2.05, 4.69) is 10.7 Å². The molecule has 2 N–H and O–H groups in total.